The van der Waals surface area contributed by atoms with E-state index in [-0.39, 0.29) is 6.10 Å². The van der Waals surface area contributed by atoms with Crippen molar-refractivity contribution in [2.45, 2.75) is 31.8 Å². The summed E-state index contributed by atoms with van der Waals surface area (Å²) in [5, 5.41) is 3.89. The molecule has 1 saturated heterocycles. The molecule has 1 atom stereocenters. The molecule has 0 aromatic heterocycles. The highest BCUT2D eigenvalue weighted by Crippen LogP contribution is 2.17. The first-order chi connectivity index (χ1) is 6.34. The molecule has 2 heterocycles. The lowest BCUT2D eigenvalue weighted by molar-refractivity contribution is 0.0473. The van der Waals surface area contributed by atoms with Gasteiger partial charge in [-0.05, 0) is 41.9 Å². The molecule has 0 radical (unpaired) electrons. The molecular weight excluding hydrogens is 232 g/mol. The molecule has 74 valence electrons. The molecule has 2 aliphatic rings. The molecule has 13 heavy (non-hydrogen) atoms. The maximum Gasteiger partial charge on any atom is 0.146 e. The Kier molecular flexibility index (Phi) is 3.22. The molecule has 2 rings (SSSR count). The Balaban J connectivity index is 1.72. The van der Waals surface area contributed by atoms with E-state index in [4.69, 9.17) is 4.84 Å². The van der Waals surface area contributed by atoms with E-state index in [1.165, 1.54) is 32.4 Å². The maximum absolute atomic E-state index is 5.27. The fourth-order valence-electron chi connectivity index (χ4n) is 1.92. The predicted octanol–water partition coefficient (Wildman–Crippen LogP) is 1.97. The monoisotopic (exact) mass is 246 g/mol. The normalized spacial score (nSPS) is 29.9. The highest BCUT2D eigenvalue weighted by molar-refractivity contribution is 9.18. The molecule has 0 aromatic carbocycles. The van der Waals surface area contributed by atoms with Gasteiger partial charge in [0.25, 0.3) is 0 Å². The summed E-state index contributed by atoms with van der Waals surface area (Å²) in [4.78, 5) is 7.75. The van der Waals surface area contributed by atoms with E-state index in [2.05, 4.69) is 26.0 Å². The van der Waals surface area contributed by atoms with Crippen LogP contribution in [-0.2, 0) is 4.84 Å². The molecular formula is C9H15BrN2O. The Labute approximate surface area is 87.2 Å². The van der Waals surface area contributed by atoms with E-state index < -0.39 is 0 Å². The fraction of sp³-hybridized carbons (Fsp3) is 0.889. The van der Waals surface area contributed by atoms with Crippen molar-refractivity contribution in [1.82, 2.24) is 4.90 Å². The second-order valence-electron chi connectivity index (χ2n) is 3.76. The lowest BCUT2D eigenvalue weighted by atomic mass is 10.1. The summed E-state index contributed by atoms with van der Waals surface area (Å²) in [5.41, 5.74) is 0. The molecule has 3 nitrogen and oxygen atoms in total. The summed E-state index contributed by atoms with van der Waals surface area (Å²) in [6, 6.07) is 0. The lowest BCUT2D eigenvalue weighted by Crippen LogP contribution is -2.36. The van der Waals surface area contributed by atoms with Crippen molar-refractivity contribution in [2.75, 3.05) is 19.6 Å². The van der Waals surface area contributed by atoms with E-state index in [1.807, 2.05) is 0 Å². The van der Waals surface area contributed by atoms with Crippen LogP contribution in [0.5, 0.6) is 0 Å². The van der Waals surface area contributed by atoms with Gasteiger partial charge in [0.05, 0.1) is 0 Å². The number of hydrogen-bond donors (Lipinski definition) is 0. The van der Waals surface area contributed by atoms with Crippen molar-refractivity contribution in [2.24, 2.45) is 5.16 Å². The molecule has 0 aromatic rings. The Morgan fingerprint density at radius 1 is 1.38 bits per heavy atom. The first-order valence-corrected chi connectivity index (χ1v) is 5.74. The van der Waals surface area contributed by atoms with E-state index in [1.54, 1.807) is 0 Å². The van der Waals surface area contributed by atoms with Gasteiger partial charge in [-0.2, -0.15) is 0 Å². The molecule has 4 heteroatoms. The molecule has 0 saturated carbocycles. The second-order valence-corrected chi connectivity index (χ2v) is 4.68. The van der Waals surface area contributed by atoms with E-state index in [9.17, 15) is 0 Å². The van der Waals surface area contributed by atoms with Gasteiger partial charge in [0, 0.05) is 13.0 Å². The van der Waals surface area contributed by atoms with Crippen LogP contribution in [-0.4, -0.2) is 35.3 Å². The van der Waals surface area contributed by atoms with Gasteiger partial charge in [0.2, 0.25) is 0 Å². The topological polar surface area (TPSA) is 24.8 Å². The zero-order valence-electron chi connectivity index (χ0n) is 7.71. The summed E-state index contributed by atoms with van der Waals surface area (Å²) in [6.45, 7) is 3.51. The Morgan fingerprint density at radius 2 is 2.15 bits per heavy atom. The fourth-order valence-corrected chi connectivity index (χ4v) is 2.37. The summed E-state index contributed by atoms with van der Waals surface area (Å²) >= 11 is 3.35. The minimum absolute atomic E-state index is 0.285. The second kappa shape index (κ2) is 4.42. The van der Waals surface area contributed by atoms with Crippen LogP contribution in [0.25, 0.3) is 0 Å². The van der Waals surface area contributed by atoms with E-state index >= 15 is 0 Å². The van der Waals surface area contributed by atoms with Crippen molar-refractivity contribution in [1.29, 1.82) is 0 Å². The Bertz CT molecular complexity index is 202. The van der Waals surface area contributed by atoms with Gasteiger partial charge in [-0.1, -0.05) is 11.6 Å². The van der Waals surface area contributed by atoms with Gasteiger partial charge >= 0.3 is 0 Å². The van der Waals surface area contributed by atoms with Gasteiger partial charge in [0.1, 0.15) is 10.7 Å². The lowest BCUT2D eigenvalue weighted by Gasteiger charge is -2.27. The first kappa shape index (κ1) is 9.46. The summed E-state index contributed by atoms with van der Waals surface area (Å²) in [6.07, 6.45) is 5.30. The standard InChI is InChI=1S/C9H15BrN2O/c10-9-6-8(13-11-9)7-12-4-2-1-3-5-12/h8H,1-7H2/t8-/m1/s1. The van der Waals surface area contributed by atoms with Gasteiger partial charge in [-0.15, -0.1) is 0 Å². The number of piperidine rings is 1. The molecule has 0 unspecified atom stereocenters. The van der Waals surface area contributed by atoms with Crippen molar-refractivity contribution in [3.63, 3.8) is 0 Å². The molecule has 2 aliphatic heterocycles. The largest absolute Gasteiger partial charge is 0.390 e. The first-order valence-electron chi connectivity index (χ1n) is 4.95. The third-order valence-electron chi connectivity index (χ3n) is 2.61. The van der Waals surface area contributed by atoms with Crippen LogP contribution in [0.4, 0.5) is 0 Å². The van der Waals surface area contributed by atoms with Gasteiger partial charge < -0.3 is 4.84 Å². The summed E-state index contributed by atoms with van der Waals surface area (Å²) in [7, 11) is 0. The van der Waals surface area contributed by atoms with Gasteiger partial charge in [0.15, 0.2) is 0 Å². The zero-order valence-corrected chi connectivity index (χ0v) is 9.29. The van der Waals surface area contributed by atoms with Crippen LogP contribution in [0.3, 0.4) is 0 Å². The van der Waals surface area contributed by atoms with Crippen molar-refractivity contribution < 1.29 is 4.84 Å². The Hall–Kier alpha value is -0.0900. The molecule has 0 bridgehead atoms. The summed E-state index contributed by atoms with van der Waals surface area (Å²) in [5.74, 6) is 0. The van der Waals surface area contributed by atoms with E-state index in [0.717, 1.165) is 17.6 Å². The predicted molar refractivity (Wildman–Crippen MR) is 56.1 cm³/mol. The number of rotatable bonds is 2. The van der Waals surface area contributed by atoms with Crippen molar-refractivity contribution >= 4 is 20.6 Å². The molecule has 0 spiro atoms. The molecule has 1 fully saturated rings. The van der Waals surface area contributed by atoms with Crippen molar-refractivity contribution in [3.05, 3.63) is 0 Å². The van der Waals surface area contributed by atoms with Crippen LogP contribution >= 0.6 is 15.9 Å². The number of hydrogen-bond acceptors (Lipinski definition) is 3. The molecule has 0 aliphatic carbocycles. The zero-order chi connectivity index (χ0) is 9.10. The average molecular weight is 247 g/mol. The molecule has 0 amide bonds. The smallest absolute Gasteiger partial charge is 0.146 e. The van der Waals surface area contributed by atoms with Crippen LogP contribution in [0.2, 0.25) is 0 Å². The van der Waals surface area contributed by atoms with Crippen molar-refractivity contribution in [3.8, 4) is 0 Å². The van der Waals surface area contributed by atoms with E-state index in [0.29, 0.717) is 0 Å². The number of oxime groups is 1. The highest BCUT2D eigenvalue weighted by Gasteiger charge is 2.22. The van der Waals surface area contributed by atoms with Crippen LogP contribution < -0.4 is 0 Å². The van der Waals surface area contributed by atoms with Crippen LogP contribution in [0.15, 0.2) is 5.16 Å². The van der Waals surface area contributed by atoms with Gasteiger partial charge in [-0.3, -0.25) is 4.90 Å². The molecule has 0 N–H and O–H groups in total. The van der Waals surface area contributed by atoms with Gasteiger partial charge in [-0.25, -0.2) is 0 Å². The quantitative estimate of drug-likeness (QED) is 0.745. The SMILES string of the molecule is BrC1=NO[C@@H](CN2CCCCC2)C1. The minimum atomic E-state index is 0.285. The third kappa shape index (κ3) is 2.68. The number of likely N-dealkylation sites (tertiary alicyclic amines) is 1. The number of nitrogens with zero attached hydrogens (tertiary/aromatic N) is 2. The third-order valence-corrected chi connectivity index (χ3v) is 3.08. The number of halogens is 1. The maximum atomic E-state index is 5.27. The highest BCUT2D eigenvalue weighted by atomic mass is 79.9. The minimum Gasteiger partial charge on any atom is -0.390 e. The average Bonchev–Trinajstić information content (AvgIpc) is 2.53. The summed E-state index contributed by atoms with van der Waals surface area (Å²) < 4.78 is 0.953. The Morgan fingerprint density at radius 3 is 2.77 bits per heavy atom. The van der Waals surface area contributed by atoms with Crippen LogP contribution in [0.1, 0.15) is 25.7 Å². The van der Waals surface area contributed by atoms with Crippen LogP contribution in [0, 0.1) is 0 Å².